The largest absolute Gasteiger partial charge is 0.352 e. The third-order valence-electron chi connectivity index (χ3n) is 4.63. The topological polar surface area (TPSA) is 52.9 Å². The summed E-state index contributed by atoms with van der Waals surface area (Å²) in [5, 5.41) is 11.7. The van der Waals surface area contributed by atoms with Crippen LogP contribution in [0.3, 0.4) is 0 Å². The van der Waals surface area contributed by atoms with E-state index in [0.29, 0.717) is 6.04 Å². The Morgan fingerprint density at radius 1 is 1.40 bits per heavy atom. The van der Waals surface area contributed by atoms with E-state index in [2.05, 4.69) is 5.32 Å². The fourth-order valence-corrected chi connectivity index (χ4v) is 3.87. The Bertz CT molecular complexity index is 330. The van der Waals surface area contributed by atoms with E-state index in [1.807, 2.05) is 6.07 Å². The molecule has 3 heteroatoms. The molecular formula is C12H16N2O. The van der Waals surface area contributed by atoms with Crippen LogP contribution in [0.2, 0.25) is 0 Å². The van der Waals surface area contributed by atoms with E-state index >= 15 is 0 Å². The van der Waals surface area contributed by atoms with Crippen LogP contribution in [-0.2, 0) is 4.79 Å². The molecule has 3 aliphatic carbocycles. The highest BCUT2D eigenvalue weighted by Gasteiger charge is 2.65. The van der Waals surface area contributed by atoms with Crippen LogP contribution in [0, 0.1) is 40.9 Å². The minimum absolute atomic E-state index is 0.0729. The predicted octanol–water partition coefficient (Wildman–Crippen LogP) is 1.31. The van der Waals surface area contributed by atoms with E-state index in [-0.39, 0.29) is 5.91 Å². The van der Waals surface area contributed by atoms with E-state index in [1.165, 1.54) is 19.3 Å². The van der Waals surface area contributed by atoms with Crippen LogP contribution >= 0.6 is 0 Å². The van der Waals surface area contributed by atoms with Crippen molar-refractivity contribution in [1.82, 2.24) is 5.32 Å². The first-order valence-electron chi connectivity index (χ1n) is 5.92. The molecule has 5 unspecified atom stereocenters. The summed E-state index contributed by atoms with van der Waals surface area (Å²) in [5.74, 6) is 2.71. The Morgan fingerprint density at radius 3 is 2.53 bits per heavy atom. The first-order valence-corrected chi connectivity index (χ1v) is 5.92. The molecule has 0 heterocycles. The van der Waals surface area contributed by atoms with Gasteiger partial charge in [-0.15, -0.1) is 0 Å². The Kier molecular flexibility index (Phi) is 1.83. The molecule has 0 saturated heterocycles. The molecule has 0 aromatic heterocycles. The summed E-state index contributed by atoms with van der Waals surface area (Å²) in [4.78, 5) is 11.6. The molecule has 0 radical (unpaired) electrons. The summed E-state index contributed by atoms with van der Waals surface area (Å²) in [5.41, 5.74) is 0. The summed E-state index contributed by atoms with van der Waals surface area (Å²) in [6.45, 7) is 1.67. The van der Waals surface area contributed by atoms with Gasteiger partial charge in [-0.25, -0.2) is 0 Å². The van der Waals surface area contributed by atoms with Crippen LogP contribution < -0.4 is 5.32 Å². The van der Waals surface area contributed by atoms with Crippen molar-refractivity contribution < 1.29 is 4.79 Å². The van der Waals surface area contributed by atoms with E-state index in [0.717, 1.165) is 23.7 Å². The lowest BCUT2D eigenvalue weighted by Crippen LogP contribution is -2.33. The monoisotopic (exact) mass is 204 g/mol. The van der Waals surface area contributed by atoms with Gasteiger partial charge < -0.3 is 5.32 Å². The molecule has 1 N–H and O–H groups in total. The van der Waals surface area contributed by atoms with Gasteiger partial charge in [-0.3, -0.25) is 4.79 Å². The smallest absolute Gasteiger partial charge is 0.237 e. The Balaban J connectivity index is 1.60. The molecule has 3 aliphatic rings. The molecule has 3 rings (SSSR count). The van der Waals surface area contributed by atoms with Gasteiger partial charge in [-0.2, -0.15) is 5.26 Å². The standard InChI is InChI=1S/C12H16N2O/c1-6(5-13)12(15)14-11-9-7-2-3-8(4-7)10(9)11/h6-11H,2-4H2,1H3,(H,14,15). The number of carbonyl (C=O) groups excluding carboxylic acids is 1. The number of carbonyl (C=O) groups is 1. The highest BCUT2D eigenvalue weighted by molar-refractivity contribution is 5.81. The van der Waals surface area contributed by atoms with Crippen molar-refractivity contribution in [2.45, 2.75) is 32.2 Å². The average molecular weight is 204 g/mol. The minimum Gasteiger partial charge on any atom is -0.352 e. The van der Waals surface area contributed by atoms with Gasteiger partial charge in [0.05, 0.1) is 6.07 Å². The molecule has 0 aromatic carbocycles. The molecule has 3 fully saturated rings. The molecule has 5 atom stereocenters. The van der Waals surface area contributed by atoms with Gasteiger partial charge in [0.1, 0.15) is 5.92 Å². The summed E-state index contributed by atoms with van der Waals surface area (Å²) in [7, 11) is 0. The zero-order valence-corrected chi connectivity index (χ0v) is 8.94. The molecule has 2 bridgehead atoms. The number of rotatable bonds is 2. The fraction of sp³-hybridized carbons (Fsp3) is 0.833. The molecular weight excluding hydrogens is 188 g/mol. The molecule has 0 aromatic rings. The van der Waals surface area contributed by atoms with Crippen LogP contribution in [0.15, 0.2) is 0 Å². The van der Waals surface area contributed by atoms with Gasteiger partial charge in [0.2, 0.25) is 5.91 Å². The maximum atomic E-state index is 11.6. The number of nitrogens with zero attached hydrogens (tertiary/aromatic N) is 1. The molecule has 3 saturated carbocycles. The van der Waals surface area contributed by atoms with Crippen LogP contribution in [-0.4, -0.2) is 11.9 Å². The predicted molar refractivity (Wildman–Crippen MR) is 54.5 cm³/mol. The third-order valence-corrected chi connectivity index (χ3v) is 4.63. The Morgan fingerprint density at radius 2 is 2.00 bits per heavy atom. The third kappa shape index (κ3) is 1.20. The molecule has 15 heavy (non-hydrogen) atoms. The molecule has 0 aliphatic heterocycles. The summed E-state index contributed by atoms with van der Waals surface area (Å²) >= 11 is 0. The minimum atomic E-state index is -0.496. The number of fused-ring (bicyclic) bond motifs is 5. The van der Waals surface area contributed by atoms with Crippen molar-refractivity contribution in [3.63, 3.8) is 0 Å². The quantitative estimate of drug-likeness (QED) is 0.737. The van der Waals surface area contributed by atoms with Gasteiger partial charge in [0.15, 0.2) is 0 Å². The summed E-state index contributed by atoms with van der Waals surface area (Å²) < 4.78 is 0. The normalized spacial score (nSPS) is 46.8. The van der Waals surface area contributed by atoms with Gasteiger partial charge in [0.25, 0.3) is 0 Å². The van der Waals surface area contributed by atoms with Gasteiger partial charge >= 0.3 is 0 Å². The first-order chi connectivity index (χ1) is 7.22. The fourth-order valence-electron chi connectivity index (χ4n) is 3.87. The van der Waals surface area contributed by atoms with Crippen molar-refractivity contribution in [3.05, 3.63) is 0 Å². The second-order valence-corrected chi connectivity index (χ2v) is 5.37. The Hall–Kier alpha value is -1.04. The van der Waals surface area contributed by atoms with Crippen molar-refractivity contribution in [2.24, 2.45) is 29.6 Å². The van der Waals surface area contributed by atoms with Crippen LogP contribution in [0.5, 0.6) is 0 Å². The lowest BCUT2D eigenvalue weighted by Gasteiger charge is -2.11. The summed E-state index contributed by atoms with van der Waals surface area (Å²) in [6, 6.07) is 2.41. The highest BCUT2D eigenvalue weighted by atomic mass is 16.2. The number of hydrogen-bond donors (Lipinski definition) is 1. The Labute approximate surface area is 89.8 Å². The van der Waals surface area contributed by atoms with Crippen molar-refractivity contribution >= 4 is 5.91 Å². The van der Waals surface area contributed by atoms with E-state index in [9.17, 15) is 4.79 Å². The van der Waals surface area contributed by atoms with Gasteiger partial charge in [-0.05, 0) is 49.9 Å². The second-order valence-electron chi connectivity index (χ2n) is 5.37. The van der Waals surface area contributed by atoms with E-state index < -0.39 is 5.92 Å². The first kappa shape index (κ1) is 9.21. The van der Waals surface area contributed by atoms with Crippen LogP contribution in [0.1, 0.15) is 26.2 Å². The number of nitriles is 1. The van der Waals surface area contributed by atoms with Crippen molar-refractivity contribution in [1.29, 1.82) is 5.26 Å². The molecule has 80 valence electrons. The summed E-state index contributed by atoms with van der Waals surface area (Å²) in [6.07, 6.45) is 4.13. The molecule has 3 nitrogen and oxygen atoms in total. The van der Waals surface area contributed by atoms with E-state index in [1.54, 1.807) is 6.92 Å². The lowest BCUT2D eigenvalue weighted by atomic mass is 10.0. The zero-order chi connectivity index (χ0) is 10.6. The van der Waals surface area contributed by atoms with E-state index in [4.69, 9.17) is 5.26 Å². The maximum Gasteiger partial charge on any atom is 0.237 e. The van der Waals surface area contributed by atoms with Crippen molar-refractivity contribution in [2.75, 3.05) is 0 Å². The number of amides is 1. The van der Waals surface area contributed by atoms with Crippen LogP contribution in [0.4, 0.5) is 0 Å². The lowest BCUT2D eigenvalue weighted by molar-refractivity contribution is -0.123. The number of hydrogen-bond acceptors (Lipinski definition) is 2. The molecule has 1 amide bonds. The average Bonchev–Trinajstić information content (AvgIpc) is 2.66. The van der Waals surface area contributed by atoms with Crippen molar-refractivity contribution in [3.8, 4) is 6.07 Å². The SMILES string of the molecule is CC(C#N)C(=O)NC1C2C3CCC(C3)C12. The number of nitrogens with one attached hydrogen (secondary N) is 1. The van der Waals surface area contributed by atoms with Gasteiger partial charge in [-0.1, -0.05) is 0 Å². The highest BCUT2D eigenvalue weighted by Crippen LogP contribution is 2.65. The zero-order valence-electron chi connectivity index (χ0n) is 8.94. The maximum absolute atomic E-state index is 11.6. The second kappa shape index (κ2) is 2.98. The molecule has 0 spiro atoms. The van der Waals surface area contributed by atoms with Crippen LogP contribution in [0.25, 0.3) is 0 Å². The van der Waals surface area contributed by atoms with Gasteiger partial charge in [0, 0.05) is 6.04 Å².